The summed E-state index contributed by atoms with van der Waals surface area (Å²) in [4.78, 5) is 0. The molecule has 1 aliphatic rings. The summed E-state index contributed by atoms with van der Waals surface area (Å²) in [6, 6.07) is 18.4. The molecular formula is C18H17NO2. The van der Waals surface area contributed by atoms with E-state index < -0.39 is 5.41 Å². The molecule has 1 saturated carbocycles. The van der Waals surface area contributed by atoms with Gasteiger partial charge < -0.3 is 9.47 Å². The molecule has 2 aromatic rings. The number of nitrogens with zero attached hydrogens (tertiary/aromatic N) is 1. The Hall–Kier alpha value is -2.47. The normalized spacial score (nSPS) is 23.2. The van der Waals surface area contributed by atoms with Crippen molar-refractivity contribution in [1.82, 2.24) is 0 Å². The zero-order chi connectivity index (χ0) is 14.9. The van der Waals surface area contributed by atoms with Crippen molar-refractivity contribution in [2.75, 3.05) is 14.2 Å². The van der Waals surface area contributed by atoms with E-state index in [-0.39, 0.29) is 5.92 Å². The number of nitriles is 1. The molecular weight excluding hydrogens is 262 g/mol. The van der Waals surface area contributed by atoms with Crippen LogP contribution >= 0.6 is 0 Å². The average Bonchev–Trinajstić information content (AvgIpc) is 3.31. The van der Waals surface area contributed by atoms with E-state index in [9.17, 15) is 5.26 Å². The molecule has 21 heavy (non-hydrogen) atoms. The second kappa shape index (κ2) is 5.14. The van der Waals surface area contributed by atoms with Crippen LogP contribution in [0.2, 0.25) is 0 Å². The first-order valence-electron chi connectivity index (χ1n) is 6.94. The standard InChI is InChI=1S/C18H17NO2/c1-20-16-9-8-13(10-17(16)21-2)15-11-18(15,12-19)14-6-4-3-5-7-14/h3-10,15H,11H2,1-2H3/t15-,18+/m1/s1. The summed E-state index contributed by atoms with van der Waals surface area (Å²) in [6.45, 7) is 0. The largest absolute Gasteiger partial charge is 0.493 e. The second-order valence-electron chi connectivity index (χ2n) is 5.32. The Kier molecular flexibility index (Phi) is 3.31. The van der Waals surface area contributed by atoms with E-state index in [2.05, 4.69) is 6.07 Å². The van der Waals surface area contributed by atoms with E-state index in [1.54, 1.807) is 14.2 Å². The molecule has 1 aliphatic carbocycles. The highest BCUT2D eigenvalue weighted by molar-refractivity contribution is 5.53. The lowest BCUT2D eigenvalue weighted by molar-refractivity contribution is 0.354. The SMILES string of the molecule is COc1ccc([C@H]2C[C@]2(C#N)c2ccccc2)cc1OC. The fraction of sp³-hybridized carbons (Fsp3) is 0.278. The molecule has 3 heteroatoms. The van der Waals surface area contributed by atoms with Gasteiger partial charge in [-0.25, -0.2) is 0 Å². The van der Waals surface area contributed by atoms with Gasteiger partial charge in [0.2, 0.25) is 0 Å². The number of methoxy groups -OCH3 is 2. The van der Waals surface area contributed by atoms with Gasteiger partial charge in [0, 0.05) is 5.92 Å². The van der Waals surface area contributed by atoms with E-state index in [4.69, 9.17) is 9.47 Å². The van der Waals surface area contributed by atoms with Gasteiger partial charge in [0.05, 0.1) is 25.7 Å². The van der Waals surface area contributed by atoms with Crippen molar-refractivity contribution in [3.8, 4) is 17.6 Å². The lowest BCUT2D eigenvalue weighted by Gasteiger charge is -2.12. The van der Waals surface area contributed by atoms with Gasteiger partial charge in [0.1, 0.15) is 0 Å². The molecule has 0 saturated heterocycles. The van der Waals surface area contributed by atoms with Gasteiger partial charge in [-0.15, -0.1) is 0 Å². The van der Waals surface area contributed by atoms with Gasteiger partial charge >= 0.3 is 0 Å². The van der Waals surface area contributed by atoms with Crippen LogP contribution in [0.5, 0.6) is 11.5 Å². The summed E-state index contributed by atoms with van der Waals surface area (Å²) in [5.41, 5.74) is 1.81. The summed E-state index contributed by atoms with van der Waals surface area (Å²) < 4.78 is 10.6. The fourth-order valence-electron chi connectivity index (χ4n) is 2.98. The molecule has 1 fully saturated rings. The fourth-order valence-corrected chi connectivity index (χ4v) is 2.98. The van der Waals surface area contributed by atoms with E-state index in [0.717, 1.165) is 17.5 Å². The maximum atomic E-state index is 9.66. The van der Waals surface area contributed by atoms with Crippen molar-refractivity contribution in [2.24, 2.45) is 0 Å². The van der Waals surface area contributed by atoms with Crippen LogP contribution in [-0.2, 0) is 5.41 Å². The van der Waals surface area contributed by atoms with Gasteiger partial charge in [0.15, 0.2) is 11.5 Å². The Morgan fingerprint density at radius 1 is 1.05 bits per heavy atom. The number of ether oxygens (including phenoxy) is 2. The van der Waals surface area contributed by atoms with E-state index in [0.29, 0.717) is 11.5 Å². The quantitative estimate of drug-likeness (QED) is 0.857. The predicted octanol–water partition coefficient (Wildman–Crippen LogP) is 3.65. The van der Waals surface area contributed by atoms with Crippen molar-refractivity contribution in [1.29, 1.82) is 5.26 Å². The third-order valence-corrected chi connectivity index (χ3v) is 4.26. The highest BCUT2D eigenvalue weighted by Crippen LogP contribution is 2.60. The van der Waals surface area contributed by atoms with Crippen LogP contribution in [0.15, 0.2) is 48.5 Å². The van der Waals surface area contributed by atoms with E-state index in [1.807, 2.05) is 48.5 Å². The number of benzene rings is 2. The molecule has 0 unspecified atom stereocenters. The molecule has 0 amide bonds. The molecule has 0 N–H and O–H groups in total. The van der Waals surface area contributed by atoms with Crippen LogP contribution in [0.4, 0.5) is 0 Å². The van der Waals surface area contributed by atoms with Crippen LogP contribution in [0.1, 0.15) is 23.5 Å². The smallest absolute Gasteiger partial charge is 0.160 e. The Labute approximate surface area is 124 Å². The Bertz CT molecular complexity index is 690. The maximum Gasteiger partial charge on any atom is 0.160 e. The van der Waals surface area contributed by atoms with E-state index in [1.165, 1.54) is 0 Å². The number of rotatable bonds is 4. The topological polar surface area (TPSA) is 42.2 Å². The molecule has 3 rings (SSSR count). The zero-order valence-electron chi connectivity index (χ0n) is 12.2. The van der Waals surface area contributed by atoms with Crippen molar-refractivity contribution in [3.63, 3.8) is 0 Å². The number of hydrogen-bond acceptors (Lipinski definition) is 3. The van der Waals surface area contributed by atoms with Crippen molar-refractivity contribution >= 4 is 0 Å². The van der Waals surface area contributed by atoms with Crippen LogP contribution in [0, 0.1) is 11.3 Å². The third kappa shape index (κ3) is 2.13. The monoisotopic (exact) mass is 279 g/mol. The molecule has 0 bridgehead atoms. The summed E-state index contributed by atoms with van der Waals surface area (Å²) in [6.07, 6.45) is 0.850. The molecule has 3 nitrogen and oxygen atoms in total. The summed E-state index contributed by atoms with van der Waals surface area (Å²) in [5, 5.41) is 9.66. The van der Waals surface area contributed by atoms with E-state index >= 15 is 0 Å². The van der Waals surface area contributed by atoms with Gasteiger partial charge in [0.25, 0.3) is 0 Å². The van der Waals surface area contributed by atoms with Crippen molar-refractivity contribution in [2.45, 2.75) is 17.8 Å². The second-order valence-corrected chi connectivity index (χ2v) is 5.32. The highest BCUT2D eigenvalue weighted by Gasteiger charge is 2.56. The molecule has 0 radical (unpaired) electrons. The molecule has 0 heterocycles. The molecule has 106 valence electrons. The highest BCUT2D eigenvalue weighted by atomic mass is 16.5. The predicted molar refractivity (Wildman–Crippen MR) is 80.6 cm³/mol. The summed E-state index contributed by atoms with van der Waals surface area (Å²) >= 11 is 0. The van der Waals surface area contributed by atoms with Gasteiger partial charge in [-0.3, -0.25) is 0 Å². The van der Waals surface area contributed by atoms with Crippen molar-refractivity contribution in [3.05, 3.63) is 59.7 Å². The van der Waals surface area contributed by atoms with Gasteiger partial charge in [-0.1, -0.05) is 36.4 Å². The summed E-state index contributed by atoms with van der Waals surface area (Å²) in [5.74, 6) is 1.63. The minimum absolute atomic E-state index is 0.213. The first-order chi connectivity index (χ1) is 10.2. The lowest BCUT2D eigenvalue weighted by Crippen LogP contribution is -2.06. The minimum atomic E-state index is -0.402. The van der Waals surface area contributed by atoms with Crippen LogP contribution in [0.3, 0.4) is 0 Å². The minimum Gasteiger partial charge on any atom is -0.493 e. The maximum absolute atomic E-state index is 9.66. The molecule has 2 aromatic carbocycles. The Morgan fingerprint density at radius 3 is 2.38 bits per heavy atom. The average molecular weight is 279 g/mol. The number of hydrogen-bond donors (Lipinski definition) is 0. The van der Waals surface area contributed by atoms with Crippen LogP contribution < -0.4 is 9.47 Å². The molecule has 0 aromatic heterocycles. The first-order valence-corrected chi connectivity index (χ1v) is 6.94. The lowest BCUT2D eigenvalue weighted by atomic mass is 9.92. The third-order valence-electron chi connectivity index (χ3n) is 4.26. The molecule has 0 spiro atoms. The molecule has 0 aliphatic heterocycles. The van der Waals surface area contributed by atoms with Gasteiger partial charge in [-0.05, 0) is 29.7 Å². The zero-order valence-corrected chi connectivity index (χ0v) is 12.2. The van der Waals surface area contributed by atoms with Gasteiger partial charge in [-0.2, -0.15) is 5.26 Å². The van der Waals surface area contributed by atoms with Crippen LogP contribution in [0.25, 0.3) is 0 Å². The Morgan fingerprint density at radius 2 is 1.76 bits per heavy atom. The first kappa shape index (κ1) is 13.5. The Balaban J connectivity index is 1.95. The van der Waals surface area contributed by atoms with Crippen molar-refractivity contribution < 1.29 is 9.47 Å². The van der Waals surface area contributed by atoms with Crippen LogP contribution in [-0.4, -0.2) is 14.2 Å². The molecule has 2 atom stereocenters. The summed E-state index contributed by atoms with van der Waals surface area (Å²) in [7, 11) is 3.25.